The van der Waals surface area contributed by atoms with Crippen molar-refractivity contribution in [1.82, 2.24) is 0 Å². The lowest BCUT2D eigenvalue weighted by Gasteiger charge is -2.27. The van der Waals surface area contributed by atoms with Crippen molar-refractivity contribution in [2.24, 2.45) is 0 Å². The number of Topliss-reactive ketones (excluding diaryl/α,β-unsaturated/α-hetero) is 2. The molecule has 0 amide bonds. The fraction of sp³-hybridized carbons (Fsp3) is 0.109. The maximum absolute atomic E-state index is 13.7. The Morgan fingerprint density at radius 3 is 2.06 bits per heavy atom. The second kappa shape index (κ2) is 11.1. The lowest BCUT2D eigenvalue weighted by Crippen LogP contribution is -2.26. The fourth-order valence-electron chi connectivity index (χ4n) is 8.98. The molecule has 10 rings (SSSR count). The summed E-state index contributed by atoms with van der Waals surface area (Å²) in [4.78, 5) is 41.3. The monoisotopic (exact) mass is 661 g/mol. The van der Waals surface area contributed by atoms with E-state index in [0.717, 1.165) is 30.4 Å². The molecule has 5 nitrogen and oxygen atoms in total. The van der Waals surface area contributed by atoms with E-state index in [9.17, 15) is 19.5 Å². The topological polar surface area (TPSA) is 74.7 Å². The molecule has 4 aliphatic rings. The van der Waals surface area contributed by atoms with Crippen LogP contribution in [0.3, 0.4) is 0 Å². The number of hydrogen-bond acceptors (Lipinski definition) is 4. The van der Waals surface area contributed by atoms with Crippen LogP contribution in [0, 0.1) is 0 Å². The highest BCUT2D eigenvalue weighted by Crippen LogP contribution is 2.53. The van der Waals surface area contributed by atoms with Crippen molar-refractivity contribution in [3.8, 4) is 11.1 Å². The molecule has 0 bridgehead atoms. The van der Waals surface area contributed by atoms with Gasteiger partial charge in [0.2, 0.25) is 0 Å². The van der Waals surface area contributed by atoms with Crippen LogP contribution in [0.5, 0.6) is 0 Å². The average Bonchev–Trinajstić information content (AvgIpc) is 3.90. The number of carbonyl (C=O) groups is 3. The molecule has 1 aliphatic heterocycles. The zero-order chi connectivity index (χ0) is 34.4. The number of hydrogen-bond donors (Lipinski definition) is 1. The van der Waals surface area contributed by atoms with Crippen molar-refractivity contribution < 1.29 is 19.5 Å². The van der Waals surface area contributed by atoms with E-state index in [4.69, 9.17) is 0 Å². The number of carbonyl (C=O) groups excluding carboxylic acids is 2. The quantitative estimate of drug-likeness (QED) is 0.150. The third-order valence-electron chi connectivity index (χ3n) is 11.3. The van der Waals surface area contributed by atoms with Crippen LogP contribution in [-0.4, -0.2) is 28.7 Å². The second-order valence-electron chi connectivity index (χ2n) is 14.0. The van der Waals surface area contributed by atoms with E-state index in [-0.39, 0.29) is 22.7 Å². The minimum atomic E-state index is -1.04. The van der Waals surface area contributed by atoms with Gasteiger partial charge in [-0.05, 0) is 123 Å². The lowest BCUT2D eigenvalue weighted by molar-refractivity contribution is 0.0696. The van der Waals surface area contributed by atoms with Crippen molar-refractivity contribution in [3.63, 3.8) is 0 Å². The first-order valence-electron chi connectivity index (χ1n) is 17.5. The van der Waals surface area contributed by atoms with Gasteiger partial charge in [0.05, 0.1) is 11.1 Å². The molecule has 2 unspecified atom stereocenters. The molecule has 1 saturated carbocycles. The first-order chi connectivity index (χ1) is 24.9. The molecular formula is C46H31NO4. The van der Waals surface area contributed by atoms with Gasteiger partial charge in [-0.1, -0.05) is 85.3 Å². The number of rotatable bonds is 4. The number of carboxylic acids is 1. The zero-order valence-corrected chi connectivity index (χ0v) is 27.6. The van der Waals surface area contributed by atoms with Crippen LogP contribution in [0.25, 0.3) is 39.6 Å². The smallest absolute Gasteiger partial charge is 0.335 e. The maximum atomic E-state index is 13.7. The van der Waals surface area contributed by atoms with Crippen LogP contribution in [0.15, 0.2) is 127 Å². The van der Waals surface area contributed by atoms with E-state index >= 15 is 0 Å². The Morgan fingerprint density at radius 2 is 1.33 bits per heavy atom. The van der Waals surface area contributed by atoms with Crippen LogP contribution >= 0.6 is 0 Å². The van der Waals surface area contributed by atoms with Gasteiger partial charge in [0.1, 0.15) is 0 Å². The molecule has 1 heterocycles. The maximum Gasteiger partial charge on any atom is 0.335 e. The number of aromatic carboxylic acids is 1. The molecule has 0 spiro atoms. The second-order valence-corrected chi connectivity index (χ2v) is 14.0. The third-order valence-corrected chi connectivity index (χ3v) is 11.3. The van der Waals surface area contributed by atoms with E-state index in [1.165, 1.54) is 50.8 Å². The third kappa shape index (κ3) is 4.44. The summed E-state index contributed by atoms with van der Waals surface area (Å²) in [5.41, 5.74) is 13.0. The number of ketones is 2. The van der Waals surface area contributed by atoms with Crippen molar-refractivity contribution in [2.75, 3.05) is 4.90 Å². The standard InChI is InChI=1S/C46H31NO4/c48-44-37-20-15-28-25-29(46(50)51)16-19-31(28)43(37)45(49)40(44)24-27-14-21-42-39(23-27)36-10-5-11-41(36)47(42)30-17-12-26(13-18-30)22-38-34-8-3-1-6-32(34)33-7-2-4-9-35(33)38/h1-4,6-9,12-25,36,41H,5,10-11H2,(H,50,51)/b40-24+. The Kier molecular flexibility index (Phi) is 6.43. The summed E-state index contributed by atoms with van der Waals surface area (Å²) in [5.74, 6) is -1.26. The average molecular weight is 662 g/mol. The zero-order valence-electron chi connectivity index (χ0n) is 27.6. The van der Waals surface area contributed by atoms with Crippen LogP contribution in [-0.2, 0) is 0 Å². The molecule has 244 valence electrons. The number of anilines is 2. The Balaban J connectivity index is 0.974. The fourth-order valence-corrected chi connectivity index (χ4v) is 8.98. The lowest BCUT2D eigenvalue weighted by atomic mass is 9.95. The van der Waals surface area contributed by atoms with Crippen LogP contribution in [0.2, 0.25) is 0 Å². The summed E-state index contributed by atoms with van der Waals surface area (Å²) in [7, 11) is 0. The molecule has 1 N–H and O–H groups in total. The number of nitrogens with zero attached hydrogens (tertiary/aromatic N) is 1. The Labute approximate surface area is 294 Å². The van der Waals surface area contributed by atoms with Gasteiger partial charge in [0, 0.05) is 34.5 Å². The Morgan fingerprint density at radius 1 is 0.647 bits per heavy atom. The van der Waals surface area contributed by atoms with Gasteiger partial charge in [0.15, 0.2) is 11.6 Å². The number of carboxylic acid groups (broad SMARTS) is 1. The minimum Gasteiger partial charge on any atom is -0.478 e. The Hall–Kier alpha value is -6.33. The van der Waals surface area contributed by atoms with Crippen molar-refractivity contribution in [3.05, 3.63) is 171 Å². The van der Waals surface area contributed by atoms with Gasteiger partial charge in [0.25, 0.3) is 0 Å². The highest BCUT2D eigenvalue weighted by Gasteiger charge is 2.42. The SMILES string of the molecule is O=C(O)c1ccc2c3c(ccc2c1)C(=O)/C(=C\c1ccc2c(c1)C1CCCC1N2c1ccc(C=C2c4ccccc4-c4ccccc42)cc1)C3=O. The highest BCUT2D eigenvalue weighted by molar-refractivity contribution is 6.44. The Bertz CT molecular complexity index is 2540. The first-order valence-corrected chi connectivity index (χ1v) is 17.5. The van der Waals surface area contributed by atoms with Crippen LogP contribution in [0.1, 0.15) is 84.1 Å². The van der Waals surface area contributed by atoms with Crippen LogP contribution < -0.4 is 4.90 Å². The summed E-state index contributed by atoms with van der Waals surface area (Å²) >= 11 is 0. The first kappa shape index (κ1) is 29.6. The number of fused-ring (bicyclic) bond motifs is 9. The predicted molar refractivity (Wildman–Crippen MR) is 202 cm³/mol. The van der Waals surface area contributed by atoms with E-state index < -0.39 is 5.97 Å². The highest BCUT2D eigenvalue weighted by atomic mass is 16.4. The predicted octanol–water partition coefficient (Wildman–Crippen LogP) is 10.4. The van der Waals surface area contributed by atoms with Gasteiger partial charge in [-0.15, -0.1) is 0 Å². The van der Waals surface area contributed by atoms with Crippen molar-refractivity contribution >= 4 is 57.4 Å². The summed E-state index contributed by atoms with van der Waals surface area (Å²) < 4.78 is 0. The van der Waals surface area contributed by atoms with Gasteiger partial charge in [-0.2, -0.15) is 0 Å². The molecule has 1 fully saturated rings. The normalized spacial score (nSPS) is 18.9. The molecule has 0 saturated heterocycles. The van der Waals surface area contributed by atoms with Gasteiger partial charge in [-0.3, -0.25) is 9.59 Å². The van der Waals surface area contributed by atoms with Crippen molar-refractivity contribution in [2.45, 2.75) is 31.2 Å². The van der Waals surface area contributed by atoms with Gasteiger partial charge in [-0.25, -0.2) is 4.79 Å². The summed E-state index contributed by atoms with van der Waals surface area (Å²) in [6, 6.07) is 40.8. The molecule has 0 radical (unpaired) electrons. The van der Waals surface area contributed by atoms with E-state index in [1.54, 1.807) is 30.3 Å². The van der Waals surface area contributed by atoms with Crippen molar-refractivity contribution in [1.29, 1.82) is 0 Å². The van der Waals surface area contributed by atoms with Gasteiger partial charge >= 0.3 is 5.97 Å². The molecular weight excluding hydrogens is 631 g/mol. The number of allylic oxidation sites excluding steroid dienone is 1. The van der Waals surface area contributed by atoms with E-state index in [1.807, 2.05) is 6.07 Å². The minimum absolute atomic E-state index is 0.141. The summed E-state index contributed by atoms with van der Waals surface area (Å²) in [5, 5.41) is 10.6. The molecule has 2 atom stereocenters. The van der Waals surface area contributed by atoms with Gasteiger partial charge < -0.3 is 10.0 Å². The largest absolute Gasteiger partial charge is 0.478 e. The summed E-state index contributed by atoms with van der Waals surface area (Å²) in [6.45, 7) is 0. The van der Waals surface area contributed by atoms with E-state index in [0.29, 0.717) is 33.9 Å². The molecule has 6 aromatic rings. The number of benzene rings is 6. The van der Waals surface area contributed by atoms with E-state index in [2.05, 4.69) is 95.9 Å². The molecule has 6 aromatic carbocycles. The molecule has 3 aliphatic carbocycles. The van der Waals surface area contributed by atoms with Crippen LogP contribution in [0.4, 0.5) is 11.4 Å². The molecule has 0 aromatic heterocycles. The molecule has 51 heavy (non-hydrogen) atoms. The molecule has 5 heteroatoms. The summed E-state index contributed by atoms with van der Waals surface area (Å²) in [6.07, 6.45) is 7.40.